The average molecular weight is 427 g/mol. The van der Waals surface area contributed by atoms with E-state index in [0.717, 1.165) is 31.2 Å². The molecule has 0 bridgehead atoms. The highest BCUT2D eigenvalue weighted by molar-refractivity contribution is 5.94. The van der Waals surface area contributed by atoms with Gasteiger partial charge in [0.2, 0.25) is 0 Å². The molecule has 2 N–H and O–H groups in total. The number of furan rings is 1. The van der Waals surface area contributed by atoms with Crippen LogP contribution in [0.5, 0.6) is 0 Å². The third-order valence-electron chi connectivity index (χ3n) is 5.43. The van der Waals surface area contributed by atoms with E-state index in [4.69, 9.17) is 9.15 Å². The molecule has 31 heavy (non-hydrogen) atoms. The molecule has 1 aromatic carbocycles. The van der Waals surface area contributed by atoms with E-state index in [9.17, 15) is 14.4 Å². The number of ether oxygens (including phenoxy) is 1. The molecule has 2 amide bonds. The number of amides is 2. The Morgan fingerprint density at radius 2 is 1.68 bits per heavy atom. The Hall–Kier alpha value is -3.09. The maximum Gasteiger partial charge on any atom is 0.329 e. The van der Waals surface area contributed by atoms with Gasteiger partial charge in [0.25, 0.3) is 11.8 Å². The second kappa shape index (κ2) is 11.9. The first-order valence-corrected chi connectivity index (χ1v) is 11.0. The van der Waals surface area contributed by atoms with Gasteiger partial charge in [-0.15, -0.1) is 0 Å². The van der Waals surface area contributed by atoms with E-state index in [1.807, 2.05) is 30.3 Å². The topological polar surface area (TPSA) is 97.6 Å². The summed E-state index contributed by atoms with van der Waals surface area (Å²) in [6, 6.07) is 11.6. The average Bonchev–Trinajstić information content (AvgIpc) is 3.29. The Morgan fingerprint density at radius 1 is 0.968 bits per heavy atom. The van der Waals surface area contributed by atoms with Crippen LogP contribution in [0.1, 0.15) is 61.1 Å². The van der Waals surface area contributed by atoms with Crippen LogP contribution in [0.25, 0.3) is 0 Å². The summed E-state index contributed by atoms with van der Waals surface area (Å²) in [5.41, 5.74) is 0.864. The molecule has 0 aliphatic heterocycles. The zero-order valence-electron chi connectivity index (χ0n) is 17.7. The number of esters is 1. The van der Waals surface area contributed by atoms with Crippen molar-refractivity contribution in [2.75, 3.05) is 6.61 Å². The smallest absolute Gasteiger partial charge is 0.329 e. The van der Waals surface area contributed by atoms with Crippen molar-refractivity contribution in [3.05, 3.63) is 60.1 Å². The molecule has 0 radical (unpaired) electrons. The summed E-state index contributed by atoms with van der Waals surface area (Å²) >= 11 is 0. The van der Waals surface area contributed by atoms with Crippen LogP contribution >= 0.6 is 0 Å². The van der Waals surface area contributed by atoms with Crippen LogP contribution in [0, 0.1) is 0 Å². The van der Waals surface area contributed by atoms with Gasteiger partial charge in [0.15, 0.2) is 12.4 Å². The number of hydrogen-bond acceptors (Lipinski definition) is 5. The minimum atomic E-state index is -0.936. The largest absolute Gasteiger partial charge is 0.459 e. The van der Waals surface area contributed by atoms with Gasteiger partial charge in [-0.2, -0.15) is 0 Å². The van der Waals surface area contributed by atoms with Gasteiger partial charge in [-0.1, -0.05) is 62.4 Å². The van der Waals surface area contributed by atoms with Crippen molar-refractivity contribution in [3.8, 4) is 0 Å². The third-order valence-corrected chi connectivity index (χ3v) is 5.43. The third kappa shape index (κ3) is 7.59. The maximum absolute atomic E-state index is 12.7. The normalized spacial score (nSPS) is 15.9. The Bertz CT molecular complexity index is 827. The van der Waals surface area contributed by atoms with Crippen molar-refractivity contribution in [1.29, 1.82) is 0 Å². The standard InChI is InChI=1S/C24H30N2O5/c27-22(25-19-12-7-2-1-3-8-13-19)17-31-24(29)20(16-18-10-5-4-6-11-18)26-23(28)21-14-9-15-30-21/h4-6,9-11,14-15,19-20H,1-3,7-8,12-13,16-17H2,(H,25,27)(H,26,28)/t20-/m1/s1. The molecule has 0 saturated heterocycles. The van der Waals surface area contributed by atoms with Crippen LogP contribution in [0.4, 0.5) is 0 Å². The number of benzene rings is 1. The van der Waals surface area contributed by atoms with Gasteiger partial charge in [0.1, 0.15) is 6.04 Å². The molecule has 0 spiro atoms. The molecule has 0 unspecified atom stereocenters. The summed E-state index contributed by atoms with van der Waals surface area (Å²) in [5, 5.41) is 5.62. The number of nitrogens with one attached hydrogen (secondary N) is 2. The Kier molecular flexibility index (Phi) is 8.70. The molecule has 1 aliphatic rings. The first-order chi connectivity index (χ1) is 15.1. The van der Waals surface area contributed by atoms with Crippen molar-refractivity contribution in [1.82, 2.24) is 10.6 Å². The fourth-order valence-corrected chi connectivity index (χ4v) is 3.79. The van der Waals surface area contributed by atoms with E-state index in [2.05, 4.69) is 10.6 Å². The lowest BCUT2D eigenvalue weighted by atomic mass is 9.97. The van der Waals surface area contributed by atoms with Crippen LogP contribution in [-0.4, -0.2) is 36.5 Å². The SMILES string of the molecule is O=C(COC(=O)[C@@H](Cc1ccccc1)NC(=O)c1ccco1)NC1CCCCCCC1. The van der Waals surface area contributed by atoms with Crippen LogP contribution < -0.4 is 10.6 Å². The highest BCUT2D eigenvalue weighted by atomic mass is 16.5. The Balaban J connectivity index is 1.55. The molecule has 1 saturated carbocycles. The van der Waals surface area contributed by atoms with Gasteiger partial charge in [-0.3, -0.25) is 9.59 Å². The van der Waals surface area contributed by atoms with Crippen molar-refractivity contribution in [2.45, 2.75) is 63.5 Å². The van der Waals surface area contributed by atoms with Crippen LogP contribution in [-0.2, 0) is 20.7 Å². The van der Waals surface area contributed by atoms with E-state index >= 15 is 0 Å². The van der Waals surface area contributed by atoms with Gasteiger partial charge in [-0.05, 0) is 30.5 Å². The Morgan fingerprint density at radius 3 is 2.35 bits per heavy atom. The van der Waals surface area contributed by atoms with E-state index in [1.165, 1.54) is 31.6 Å². The molecule has 3 rings (SSSR count). The van der Waals surface area contributed by atoms with Gasteiger partial charge in [0, 0.05) is 12.5 Å². The van der Waals surface area contributed by atoms with E-state index in [0.29, 0.717) is 0 Å². The monoisotopic (exact) mass is 426 g/mol. The molecule has 1 aromatic heterocycles. The molecule has 1 fully saturated rings. The van der Waals surface area contributed by atoms with E-state index in [-0.39, 0.29) is 30.7 Å². The first kappa shape index (κ1) is 22.6. The van der Waals surface area contributed by atoms with Crippen molar-refractivity contribution in [3.63, 3.8) is 0 Å². The van der Waals surface area contributed by atoms with Crippen LogP contribution in [0.15, 0.2) is 53.1 Å². The summed E-state index contributed by atoms with van der Waals surface area (Å²) in [6.45, 7) is -0.364. The van der Waals surface area contributed by atoms with Crippen LogP contribution in [0.2, 0.25) is 0 Å². The molecule has 7 nitrogen and oxygen atoms in total. The second-order valence-electron chi connectivity index (χ2n) is 7.91. The summed E-state index contributed by atoms with van der Waals surface area (Å²) in [7, 11) is 0. The zero-order valence-corrected chi connectivity index (χ0v) is 17.7. The summed E-state index contributed by atoms with van der Waals surface area (Å²) in [6.07, 6.45) is 9.38. The number of carbonyl (C=O) groups excluding carboxylic acids is 3. The summed E-state index contributed by atoms with van der Waals surface area (Å²) < 4.78 is 10.4. The minimum absolute atomic E-state index is 0.105. The van der Waals surface area contributed by atoms with Gasteiger partial charge in [0.05, 0.1) is 6.26 Å². The number of hydrogen-bond donors (Lipinski definition) is 2. The van der Waals surface area contributed by atoms with Gasteiger partial charge >= 0.3 is 5.97 Å². The summed E-state index contributed by atoms with van der Waals surface area (Å²) in [5.74, 6) is -1.37. The predicted octanol–water partition coefficient (Wildman–Crippen LogP) is 3.39. The second-order valence-corrected chi connectivity index (χ2v) is 7.91. The fourth-order valence-electron chi connectivity index (χ4n) is 3.79. The molecule has 1 atom stereocenters. The van der Waals surface area contributed by atoms with Crippen molar-refractivity contribution in [2.24, 2.45) is 0 Å². The summed E-state index contributed by atoms with van der Waals surface area (Å²) in [4.78, 5) is 37.4. The lowest BCUT2D eigenvalue weighted by molar-refractivity contribution is -0.150. The van der Waals surface area contributed by atoms with E-state index in [1.54, 1.807) is 6.07 Å². The Labute approximate surface area is 182 Å². The lowest BCUT2D eigenvalue weighted by Gasteiger charge is -2.21. The molecular weight excluding hydrogens is 396 g/mol. The molecule has 1 aliphatic carbocycles. The molecule has 2 aromatic rings. The molecular formula is C24H30N2O5. The highest BCUT2D eigenvalue weighted by Crippen LogP contribution is 2.17. The molecule has 166 valence electrons. The minimum Gasteiger partial charge on any atom is -0.459 e. The highest BCUT2D eigenvalue weighted by Gasteiger charge is 2.25. The van der Waals surface area contributed by atoms with Crippen molar-refractivity contribution < 1.29 is 23.5 Å². The van der Waals surface area contributed by atoms with Crippen LogP contribution in [0.3, 0.4) is 0 Å². The fraction of sp³-hybridized carbons (Fsp3) is 0.458. The molecule has 1 heterocycles. The first-order valence-electron chi connectivity index (χ1n) is 11.0. The molecule has 7 heteroatoms. The zero-order chi connectivity index (χ0) is 21.9. The lowest BCUT2D eigenvalue weighted by Crippen LogP contribution is -2.45. The van der Waals surface area contributed by atoms with Gasteiger partial charge < -0.3 is 19.8 Å². The van der Waals surface area contributed by atoms with Crippen molar-refractivity contribution >= 4 is 17.8 Å². The van der Waals surface area contributed by atoms with E-state index < -0.39 is 17.9 Å². The predicted molar refractivity (Wildman–Crippen MR) is 115 cm³/mol. The number of rotatable bonds is 8. The number of carbonyl (C=O) groups is 3. The van der Waals surface area contributed by atoms with Gasteiger partial charge in [-0.25, -0.2) is 4.79 Å². The quantitative estimate of drug-likeness (QED) is 0.631. The maximum atomic E-state index is 12.7.